The van der Waals surface area contributed by atoms with Crippen LogP contribution in [0.25, 0.3) is 17.1 Å². The summed E-state index contributed by atoms with van der Waals surface area (Å²) in [5, 5.41) is 3.21. The number of imidazole rings is 1. The van der Waals surface area contributed by atoms with Gasteiger partial charge in [-0.25, -0.2) is 13.8 Å². The van der Waals surface area contributed by atoms with E-state index in [1.165, 1.54) is 18.2 Å². The summed E-state index contributed by atoms with van der Waals surface area (Å²) in [6.45, 7) is 13.5. The molecule has 1 heterocycles. The van der Waals surface area contributed by atoms with Crippen LogP contribution in [-0.2, 0) is 6.54 Å². The van der Waals surface area contributed by atoms with Crippen molar-refractivity contribution in [2.45, 2.75) is 33.2 Å². The number of hydrogen-bond donors (Lipinski definition) is 1. The zero-order valence-electron chi connectivity index (χ0n) is 19.0. The van der Waals surface area contributed by atoms with Crippen molar-refractivity contribution >= 4 is 11.5 Å². The number of nitrogens with one attached hydrogen (secondary N) is 1. The Hall–Kier alpha value is -3.41. The van der Waals surface area contributed by atoms with E-state index in [0.717, 1.165) is 36.3 Å². The average molecular weight is 437 g/mol. The Morgan fingerprint density at radius 2 is 1.78 bits per heavy atom. The van der Waals surface area contributed by atoms with E-state index in [9.17, 15) is 8.78 Å². The molecule has 32 heavy (non-hydrogen) atoms. The molecule has 4 nitrogen and oxygen atoms in total. The molecule has 0 saturated carbocycles. The minimum atomic E-state index is -0.365. The van der Waals surface area contributed by atoms with Crippen LogP contribution in [0.3, 0.4) is 0 Å². The van der Waals surface area contributed by atoms with E-state index in [1.54, 1.807) is 30.3 Å². The summed E-state index contributed by atoms with van der Waals surface area (Å²) in [4.78, 5) is 6.85. The summed E-state index contributed by atoms with van der Waals surface area (Å²) in [5.74, 6) is 0.362. The topological polar surface area (TPSA) is 33.1 Å². The standard InChI is InChI=1S/C26H30F2N4/c1-6-7-16-31(5)19(4)24-25(29-18(2)3)30-26(22-10-8-9-11-23(22)28)32(24)17-20-12-14-21(27)15-13-20/h8-15,29H,2,4,6-7,16-17H2,1,3,5H3. The van der Waals surface area contributed by atoms with Gasteiger partial charge in [0.1, 0.15) is 23.2 Å². The Kier molecular flexibility index (Phi) is 7.46. The van der Waals surface area contributed by atoms with Crippen LogP contribution in [0.4, 0.5) is 14.6 Å². The van der Waals surface area contributed by atoms with Crippen LogP contribution >= 0.6 is 0 Å². The first-order valence-electron chi connectivity index (χ1n) is 10.7. The molecule has 0 amide bonds. The van der Waals surface area contributed by atoms with Gasteiger partial charge in [0.25, 0.3) is 0 Å². The highest BCUT2D eigenvalue weighted by Crippen LogP contribution is 2.33. The number of halogens is 2. The molecule has 1 aromatic heterocycles. The van der Waals surface area contributed by atoms with E-state index in [-0.39, 0.29) is 11.6 Å². The molecule has 0 bridgehead atoms. The third kappa shape index (κ3) is 5.25. The molecule has 3 aromatic rings. The molecule has 1 N–H and O–H groups in total. The van der Waals surface area contributed by atoms with Crippen LogP contribution < -0.4 is 5.32 Å². The third-order valence-electron chi connectivity index (χ3n) is 5.25. The number of nitrogens with zero attached hydrogens (tertiary/aromatic N) is 3. The molecule has 0 aliphatic heterocycles. The van der Waals surface area contributed by atoms with Gasteiger partial charge in [-0.3, -0.25) is 0 Å². The van der Waals surface area contributed by atoms with Gasteiger partial charge in [0.15, 0.2) is 5.82 Å². The second-order valence-corrected chi connectivity index (χ2v) is 7.95. The summed E-state index contributed by atoms with van der Waals surface area (Å²) in [6, 6.07) is 12.8. The van der Waals surface area contributed by atoms with Gasteiger partial charge in [0.05, 0.1) is 11.3 Å². The van der Waals surface area contributed by atoms with Gasteiger partial charge in [0.2, 0.25) is 0 Å². The first-order chi connectivity index (χ1) is 15.3. The average Bonchev–Trinajstić information content (AvgIpc) is 3.10. The van der Waals surface area contributed by atoms with Gasteiger partial charge in [-0.1, -0.05) is 50.8 Å². The van der Waals surface area contributed by atoms with E-state index in [2.05, 4.69) is 30.3 Å². The molecule has 0 aliphatic carbocycles. The summed E-state index contributed by atoms with van der Waals surface area (Å²) >= 11 is 0. The fourth-order valence-electron chi connectivity index (χ4n) is 3.52. The van der Waals surface area contributed by atoms with Crippen molar-refractivity contribution in [3.8, 4) is 11.4 Å². The van der Waals surface area contributed by atoms with Crippen LogP contribution in [0.5, 0.6) is 0 Å². The molecular formula is C26H30F2N4. The summed E-state index contributed by atoms with van der Waals surface area (Å²) in [6.07, 6.45) is 2.08. The zero-order valence-corrected chi connectivity index (χ0v) is 19.0. The third-order valence-corrected chi connectivity index (χ3v) is 5.25. The largest absolute Gasteiger partial charge is 0.373 e. The second-order valence-electron chi connectivity index (χ2n) is 7.95. The lowest BCUT2D eigenvalue weighted by molar-refractivity contribution is 0.460. The van der Waals surface area contributed by atoms with Gasteiger partial charge in [-0.2, -0.15) is 0 Å². The van der Waals surface area contributed by atoms with Gasteiger partial charge >= 0.3 is 0 Å². The molecule has 0 spiro atoms. The summed E-state index contributed by atoms with van der Waals surface area (Å²) in [5.41, 5.74) is 3.47. The predicted molar refractivity (Wildman–Crippen MR) is 128 cm³/mol. The van der Waals surface area contributed by atoms with Crippen LogP contribution in [0.2, 0.25) is 0 Å². The van der Waals surface area contributed by atoms with Crippen molar-refractivity contribution in [2.75, 3.05) is 18.9 Å². The number of aromatic nitrogens is 2. The number of unbranched alkanes of at least 4 members (excludes halogenated alkanes) is 1. The fraction of sp³-hybridized carbons (Fsp3) is 0.269. The molecule has 0 radical (unpaired) electrons. The highest BCUT2D eigenvalue weighted by molar-refractivity contribution is 5.75. The van der Waals surface area contributed by atoms with Gasteiger partial charge < -0.3 is 14.8 Å². The van der Waals surface area contributed by atoms with Crippen LogP contribution in [-0.4, -0.2) is 28.0 Å². The minimum absolute atomic E-state index is 0.303. The molecule has 2 aromatic carbocycles. The molecule has 0 unspecified atom stereocenters. The Morgan fingerprint density at radius 1 is 1.09 bits per heavy atom. The van der Waals surface area contributed by atoms with Gasteiger partial charge in [0, 0.05) is 25.8 Å². The molecular weight excluding hydrogens is 406 g/mol. The fourth-order valence-corrected chi connectivity index (χ4v) is 3.52. The van der Waals surface area contributed by atoms with E-state index in [1.807, 2.05) is 18.5 Å². The van der Waals surface area contributed by atoms with Crippen molar-refractivity contribution in [1.29, 1.82) is 0 Å². The van der Waals surface area contributed by atoms with E-state index in [0.29, 0.717) is 29.4 Å². The first-order valence-corrected chi connectivity index (χ1v) is 10.7. The molecule has 0 fully saturated rings. The van der Waals surface area contributed by atoms with Crippen LogP contribution in [0, 0.1) is 11.6 Å². The predicted octanol–water partition coefficient (Wildman–Crippen LogP) is 6.52. The molecule has 3 rings (SSSR count). The lowest BCUT2D eigenvalue weighted by Gasteiger charge is -2.24. The quantitative estimate of drug-likeness (QED) is 0.392. The number of allylic oxidation sites excluding steroid dienone is 1. The van der Waals surface area contributed by atoms with Crippen molar-refractivity contribution in [2.24, 2.45) is 0 Å². The maximum absolute atomic E-state index is 14.8. The molecule has 0 aliphatic rings. The number of hydrogen-bond acceptors (Lipinski definition) is 3. The van der Waals surface area contributed by atoms with Crippen molar-refractivity contribution < 1.29 is 8.78 Å². The summed E-state index contributed by atoms with van der Waals surface area (Å²) in [7, 11) is 1.99. The molecule has 168 valence electrons. The SMILES string of the molecule is C=C(C)Nc1nc(-c2ccccc2F)n(Cc2ccc(F)cc2)c1C(=C)N(C)CCCC. The maximum atomic E-state index is 14.8. The van der Waals surface area contributed by atoms with E-state index in [4.69, 9.17) is 4.98 Å². The smallest absolute Gasteiger partial charge is 0.158 e. The van der Waals surface area contributed by atoms with E-state index >= 15 is 0 Å². The Morgan fingerprint density at radius 3 is 2.41 bits per heavy atom. The maximum Gasteiger partial charge on any atom is 0.158 e. The summed E-state index contributed by atoms with van der Waals surface area (Å²) < 4.78 is 30.2. The van der Waals surface area contributed by atoms with Crippen molar-refractivity contribution in [3.05, 3.63) is 90.3 Å². The highest BCUT2D eigenvalue weighted by atomic mass is 19.1. The first kappa shape index (κ1) is 23.3. The Labute approximate surface area is 188 Å². The highest BCUT2D eigenvalue weighted by Gasteiger charge is 2.24. The second kappa shape index (κ2) is 10.3. The van der Waals surface area contributed by atoms with Crippen LogP contribution in [0.1, 0.15) is 37.9 Å². The Bertz CT molecular complexity index is 1100. The zero-order chi connectivity index (χ0) is 23.3. The molecule has 6 heteroatoms. The van der Waals surface area contributed by atoms with Crippen molar-refractivity contribution in [1.82, 2.24) is 14.5 Å². The van der Waals surface area contributed by atoms with Crippen molar-refractivity contribution in [3.63, 3.8) is 0 Å². The molecule has 0 atom stereocenters. The van der Waals surface area contributed by atoms with Crippen LogP contribution in [0.15, 0.2) is 67.4 Å². The molecule has 0 saturated heterocycles. The lowest BCUT2D eigenvalue weighted by atomic mass is 10.1. The van der Waals surface area contributed by atoms with E-state index < -0.39 is 0 Å². The van der Waals surface area contributed by atoms with Gasteiger partial charge in [-0.05, 0) is 43.2 Å². The normalized spacial score (nSPS) is 10.8. The van der Waals surface area contributed by atoms with Gasteiger partial charge in [-0.15, -0.1) is 0 Å². The number of anilines is 1. The Balaban J connectivity index is 2.20. The number of rotatable bonds is 10. The number of benzene rings is 2. The monoisotopic (exact) mass is 436 g/mol. The lowest BCUT2D eigenvalue weighted by Crippen LogP contribution is -2.20. The minimum Gasteiger partial charge on any atom is -0.373 e.